The number of hydrogen-bond donors (Lipinski definition) is 1. The molecule has 0 aliphatic rings. The van der Waals surface area contributed by atoms with E-state index in [0.717, 1.165) is 9.87 Å². The van der Waals surface area contributed by atoms with Gasteiger partial charge < -0.3 is 10.1 Å². The Morgan fingerprint density at radius 1 is 1.12 bits per heavy atom. The Kier molecular flexibility index (Phi) is 6.17. The number of nitrogens with zero attached hydrogens (tertiary/aromatic N) is 1. The minimum absolute atomic E-state index is 0.156. The van der Waals surface area contributed by atoms with Crippen LogP contribution in [0.4, 0.5) is 0 Å². The number of nitrogens with one attached hydrogen (secondary N) is 1. The van der Waals surface area contributed by atoms with Crippen LogP contribution in [-0.4, -0.2) is 39.3 Å². The van der Waals surface area contributed by atoms with Crippen LogP contribution in [0.3, 0.4) is 0 Å². The van der Waals surface area contributed by atoms with Gasteiger partial charge in [-0.2, -0.15) is 4.31 Å². The number of para-hydroxylation sites is 1. The molecule has 0 bridgehead atoms. The Morgan fingerprint density at radius 3 is 2.36 bits per heavy atom. The van der Waals surface area contributed by atoms with Gasteiger partial charge in [-0.3, -0.25) is 4.79 Å². The number of benzene rings is 2. The zero-order valence-electron chi connectivity index (χ0n) is 14.5. The number of rotatable bonds is 7. The molecule has 25 heavy (non-hydrogen) atoms. The molecule has 1 unspecified atom stereocenters. The first-order chi connectivity index (χ1) is 11.9. The third kappa shape index (κ3) is 4.58. The molecule has 2 rings (SSSR count). The lowest BCUT2D eigenvalue weighted by Crippen LogP contribution is -2.39. The van der Waals surface area contributed by atoms with Gasteiger partial charge in [-0.05, 0) is 25.1 Å². The highest BCUT2D eigenvalue weighted by atomic mass is 32.2. The predicted molar refractivity (Wildman–Crippen MR) is 95.8 cm³/mol. The Morgan fingerprint density at radius 2 is 1.72 bits per heavy atom. The molecule has 0 saturated carbocycles. The molecule has 0 aliphatic carbocycles. The molecule has 1 amide bonds. The fraction of sp³-hybridized carbons (Fsp3) is 0.278. The van der Waals surface area contributed by atoms with Crippen molar-refractivity contribution in [1.82, 2.24) is 9.62 Å². The van der Waals surface area contributed by atoms with Crippen LogP contribution in [-0.2, 0) is 14.8 Å². The molecule has 1 N–H and O–H groups in total. The summed E-state index contributed by atoms with van der Waals surface area (Å²) < 4.78 is 31.2. The summed E-state index contributed by atoms with van der Waals surface area (Å²) in [6, 6.07) is 15.1. The van der Waals surface area contributed by atoms with E-state index in [1.165, 1.54) is 19.2 Å². The van der Waals surface area contributed by atoms with Crippen molar-refractivity contribution in [3.8, 4) is 5.75 Å². The Hall–Kier alpha value is -2.38. The monoisotopic (exact) mass is 362 g/mol. The fourth-order valence-corrected chi connectivity index (χ4v) is 3.60. The summed E-state index contributed by atoms with van der Waals surface area (Å²) >= 11 is 0. The number of hydrogen-bond acceptors (Lipinski definition) is 4. The minimum Gasteiger partial charge on any atom is -0.496 e. The summed E-state index contributed by atoms with van der Waals surface area (Å²) in [6.07, 6.45) is 0. The third-order valence-corrected chi connectivity index (χ3v) is 5.62. The number of likely N-dealkylation sites (N-methyl/N-ethyl adjacent to an activating group) is 1. The van der Waals surface area contributed by atoms with Crippen LogP contribution in [0.2, 0.25) is 0 Å². The third-order valence-electron chi connectivity index (χ3n) is 3.80. The van der Waals surface area contributed by atoms with Crippen molar-refractivity contribution in [3.63, 3.8) is 0 Å². The van der Waals surface area contributed by atoms with Crippen LogP contribution in [0.15, 0.2) is 59.5 Å². The summed E-state index contributed by atoms with van der Waals surface area (Å²) in [5, 5.41) is 2.80. The van der Waals surface area contributed by atoms with Gasteiger partial charge in [0, 0.05) is 12.6 Å². The lowest BCUT2D eigenvalue weighted by Gasteiger charge is -2.20. The number of carbonyl (C=O) groups is 1. The van der Waals surface area contributed by atoms with Crippen molar-refractivity contribution in [2.75, 3.05) is 20.7 Å². The van der Waals surface area contributed by atoms with Crippen molar-refractivity contribution in [2.24, 2.45) is 0 Å². The topological polar surface area (TPSA) is 75.7 Å². The van der Waals surface area contributed by atoms with E-state index in [2.05, 4.69) is 5.32 Å². The molecule has 1 atom stereocenters. The van der Waals surface area contributed by atoms with Crippen LogP contribution in [0, 0.1) is 0 Å². The summed E-state index contributed by atoms with van der Waals surface area (Å²) in [7, 11) is -0.752. The van der Waals surface area contributed by atoms with Crippen LogP contribution < -0.4 is 10.1 Å². The first-order valence-electron chi connectivity index (χ1n) is 7.80. The van der Waals surface area contributed by atoms with Crippen molar-refractivity contribution in [2.45, 2.75) is 17.9 Å². The first-order valence-corrected chi connectivity index (χ1v) is 9.24. The van der Waals surface area contributed by atoms with E-state index >= 15 is 0 Å². The normalized spacial score (nSPS) is 12.6. The van der Waals surface area contributed by atoms with Gasteiger partial charge >= 0.3 is 0 Å². The lowest BCUT2D eigenvalue weighted by atomic mass is 10.1. The van der Waals surface area contributed by atoms with Crippen LogP contribution in [0.25, 0.3) is 0 Å². The van der Waals surface area contributed by atoms with Gasteiger partial charge in [-0.25, -0.2) is 8.42 Å². The van der Waals surface area contributed by atoms with Gasteiger partial charge in [0.2, 0.25) is 15.9 Å². The van der Waals surface area contributed by atoms with Crippen molar-refractivity contribution < 1.29 is 17.9 Å². The molecule has 134 valence electrons. The molecule has 0 saturated heterocycles. The fourth-order valence-electron chi connectivity index (χ4n) is 2.45. The number of methoxy groups -OCH3 is 1. The molecule has 0 aromatic heterocycles. The minimum atomic E-state index is -3.70. The van der Waals surface area contributed by atoms with Gasteiger partial charge in [-0.15, -0.1) is 0 Å². The van der Waals surface area contributed by atoms with Gasteiger partial charge in [0.1, 0.15) is 5.75 Å². The molecule has 0 aliphatic heterocycles. The molecule has 2 aromatic carbocycles. The zero-order valence-corrected chi connectivity index (χ0v) is 15.3. The standard InChI is InChI=1S/C18H22N2O4S/c1-14(16-11-7-8-12-17(16)24-3)19-18(21)13-20(2)25(22,23)15-9-5-4-6-10-15/h4-12,14H,13H2,1-3H3,(H,19,21). The van der Waals surface area contributed by atoms with E-state index < -0.39 is 10.0 Å². The highest BCUT2D eigenvalue weighted by Gasteiger charge is 2.23. The number of ether oxygens (including phenoxy) is 1. The molecular weight excluding hydrogens is 340 g/mol. The van der Waals surface area contributed by atoms with Gasteiger partial charge in [0.15, 0.2) is 0 Å². The predicted octanol–water partition coefficient (Wildman–Crippen LogP) is 2.19. The second kappa shape index (κ2) is 8.13. The molecule has 0 radical (unpaired) electrons. The Bertz CT molecular complexity index is 822. The first kappa shape index (κ1) is 19.0. The maximum Gasteiger partial charge on any atom is 0.243 e. The number of sulfonamides is 1. The molecule has 0 spiro atoms. The van der Waals surface area contributed by atoms with Gasteiger partial charge in [-0.1, -0.05) is 36.4 Å². The van der Waals surface area contributed by atoms with Crippen LogP contribution in [0.5, 0.6) is 5.75 Å². The maximum absolute atomic E-state index is 12.4. The summed E-state index contributed by atoms with van der Waals surface area (Å²) in [5.41, 5.74) is 0.826. The average molecular weight is 362 g/mol. The molecule has 7 heteroatoms. The van der Waals surface area contributed by atoms with E-state index in [1.54, 1.807) is 25.3 Å². The molecule has 0 heterocycles. The summed E-state index contributed by atoms with van der Waals surface area (Å²) in [6.45, 7) is 1.55. The second-order valence-corrected chi connectivity index (χ2v) is 7.65. The second-order valence-electron chi connectivity index (χ2n) is 5.61. The lowest BCUT2D eigenvalue weighted by molar-refractivity contribution is -0.121. The van der Waals surface area contributed by atoms with Crippen LogP contribution >= 0.6 is 0 Å². The number of carbonyl (C=O) groups excluding carboxylic acids is 1. The highest BCUT2D eigenvalue weighted by Crippen LogP contribution is 2.24. The largest absolute Gasteiger partial charge is 0.496 e. The Balaban J connectivity index is 2.04. The van der Waals surface area contributed by atoms with E-state index in [4.69, 9.17) is 4.74 Å². The molecular formula is C18H22N2O4S. The summed E-state index contributed by atoms with van der Waals surface area (Å²) in [5.74, 6) is 0.279. The zero-order chi connectivity index (χ0) is 18.4. The van der Waals surface area contributed by atoms with E-state index in [-0.39, 0.29) is 23.4 Å². The van der Waals surface area contributed by atoms with Gasteiger partial charge in [0.25, 0.3) is 0 Å². The molecule has 6 nitrogen and oxygen atoms in total. The average Bonchev–Trinajstić information content (AvgIpc) is 2.62. The van der Waals surface area contributed by atoms with Gasteiger partial charge in [0.05, 0.1) is 24.6 Å². The van der Waals surface area contributed by atoms with Crippen molar-refractivity contribution in [3.05, 3.63) is 60.2 Å². The molecule has 0 fully saturated rings. The van der Waals surface area contributed by atoms with Crippen LogP contribution in [0.1, 0.15) is 18.5 Å². The number of amides is 1. The molecule has 2 aromatic rings. The summed E-state index contributed by atoms with van der Waals surface area (Å²) in [4.78, 5) is 12.4. The highest BCUT2D eigenvalue weighted by molar-refractivity contribution is 7.89. The SMILES string of the molecule is COc1ccccc1C(C)NC(=O)CN(C)S(=O)(=O)c1ccccc1. The maximum atomic E-state index is 12.4. The van der Waals surface area contributed by atoms with Crippen molar-refractivity contribution >= 4 is 15.9 Å². The quantitative estimate of drug-likeness (QED) is 0.819. The smallest absolute Gasteiger partial charge is 0.243 e. The van der Waals surface area contributed by atoms with E-state index in [0.29, 0.717) is 5.75 Å². The van der Waals surface area contributed by atoms with E-state index in [1.807, 2.05) is 31.2 Å². The van der Waals surface area contributed by atoms with Crippen molar-refractivity contribution in [1.29, 1.82) is 0 Å². The van der Waals surface area contributed by atoms with E-state index in [9.17, 15) is 13.2 Å². The Labute approximate surface area is 148 Å².